The number of pyridine rings is 1. The van der Waals surface area contributed by atoms with Gasteiger partial charge < -0.3 is 10.6 Å². The highest BCUT2D eigenvalue weighted by atomic mass is 35.5. The van der Waals surface area contributed by atoms with Crippen LogP contribution in [0.1, 0.15) is 69.7 Å². The second kappa shape index (κ2) is 12.1. The molecule has 4 rings (SSSR count). The highest BCUT2D eigenvalue weighted by molar-refractivity contribution is 6.30. The molecule has 39 heavy (non-hydrogen) atoms. The number of aromatic nitrogens is 1. The van der Waals surface area contributed by atoms with Gasteiger partial charge in [0.2, 0.25) is 17.7 Å². The normalized spacial score (nSPS) is 22.2. The minimum atomic E-state index is -2.76. The Morgan fingerprint density at radius 2 is 1.72 bits per heavy atom. The Morgan fingerprint density at radius 3 is 2.31 bits per heavy atom. The minimum Gasteiger partial charge on any atom is -0.356 e. The summed E-state index contributed by atoms with van der Waals surface area (Å²) in [6, 6.07) is 10.4. The van der Waals surface area contributed by atoms with Gasteiger partial charge in [0.15, 0.2) is 0 Å². The van der Waals surface area contributed by atoms with Gasteiger partial charge in [0, 0.05) is 66.8 Å². The first-order valence-corrected chi connectivity index (χ1v) is 14.2. The quantitative estimate of drug-likeness (QED) is 0.357. The number of alkyl halides is 2. The molecule has 0 radical (unpaired) electrons. The summed E-state index contributed by atoms with van der Waals surface area (Å²) >= 11 is 12.1. The highest BCUT2D eigenvalue weighted by Crippen LogP contribution is 2.42. The van der Waals surface area contributed by atoms with Crippen LogP contribution in [0.4, 0.5) is 8.78 Å². The molecule has 2 aromatic rings. The maximum atomic E-state index is 13.3. The zero-order valence-corrected chi connectivity index (χ0v) is 24.0. The predicted molar refractivity (Wildman–Crippen MR) is 149 cm³/mol. The SMILES string of the molecule is CC(C)(C)N1C[C@@H](C(=O)NCCC[C@H](NC(=O)C2CC(F)(F)C2)c2ccc(Cl)cc2)[C@H](c2ccc(Cl)cn2)C1. The summed E-state index contributed by atoms with van der Waals surface area (Å²) in [5, 5.41) is 7.14. The van der Waals surface area contributed by atoms with Crippen molar-refractivity contribution in [2.75, 3.05) is 19.6 Å². The fourth-order valence-electron chi connectivity index (χ4n) is 5.33. The summed E-state index contributed by atoms with van der Waals surface area (Å²) in [5.74, 6) is -4.15. The third-order valence-electron chi connectivity index (χ3n) is 7.75. The van der Waals surface area contributed by atoms with Gasteiger partial charge in [-0.3, -0.25) is 19.5 Å². The third-order valence-corrected chi connectivity index (χ3v) is 8.23. The lowest BCUT2D eigenvalue weighted by atomic mass is 9.80. The lowest BCUT2D eigenvalue weighted by Gasteiger charge is -2.35. The molecule has 2 amide bonds. The molecule has 1 aromatic heterocycles. The van der Waals surface area contributed by atoms with Gasteiger partial charge in [-0.05, 0) is 63.4 Å². The zero-order valence-electron chi connectivity index (χ0n) is 22.5. The maximum absolute atomic E-state index is 13.3. The fraction of sp³-hybridized carbons (Fsp3) is 0.552. The van der Waals surface area contributed by atoms with E-state index in [2.05, 4.69) is 41.3 Å². The number of hydrogen-bond donors (Lipinski definition) is 2. The van der Waals surface area contributed by atoms with E-state index in [0.717, 1.165) is 17.8 Å². The van der Waals surface area contributed by atoms with Crippen LogP contribution in [0.5, 0.6) is 0 Å². The topological polar surface area (TPSA) is 74.3 Å². The Morgan fingerprint density at radius 1 is 1.05 bits per heavy atom. The van der Waals surface area contributed by atoms with Gasteiger partial charge in [-0.25, -0.2) is 8.78 Å². The van der Waals surface area contributed by atoms with Gasteiger partial charge in [-0.1, -0.05) is 35.3 Å². The molecule has 2 fully saturated rings. The first-order valence-electron chi connectivity index (χ1n) is 13.4. The number of carbonyl (C=O) groups excluding carboxylic acids is 2. The lowest BCUT2D eigenvalue weighted by Crippen LogP contribution is -2.46. The summed E-state index contributed by atoms with van der Waals surface area (Å²) in [6.45, 7) is 8.18. The average molecular weight is 582 g/mol. The molecule has 6 nitrogen and oxygen atoms in total. The Balaban J connectivity index is 1.36. The Hall–Kier alpha value is -2.29. The molecule has 3 atom stereocenters. The van der Waals surface area contributed by atoms with Crippen molar-refractivity contribution in [3.63, 3.8) is 0 Å². The molecule has 0 bridgehead atoms. The first-order chi connectivity index (χ1) is 18.3. The number of nitrogens with one attached hydrogen (secondary N) is 2. The van der Waals surface area contributed by atoms with Gasteiger partial charge in [0.05, 0.1) is 17.0 Å². The van der Waals surface area contributed by atoms with Crippen LogP contribution in [0.2, 0.25) is 10.0 Å². The van der Waals surface area contributed by atoms with E-state index in [-0.39, 0.29) is 35.2 Å². The van der Waals surface area contributed by atoms with Gasteiger partial charge in [0.1, 0.15) is 0 Å². The summed E-state index contributed by atoms with van der Waals surface area (Å²) in [6.07, 6.45) is 1.91. The van der Waals surface area contributed by atoms with Crippen LogP contribution < -0.4 is 10.6 Å². The molecule has 2 heterocycles. The zero-order chi connectivity index (χ0) is 28.4. The van der Waals surface area contributed by atoms with Crippen LogP contribution in [0.25, 0.3) is 0 Å². The second-order valence-corrected chi connectivity index (χ2v) is 12.6. The minimum absolute atomic E-state index is 0.0349. The highest BCUT2D eigenvalue weighted by Gasteiger charge is 2.49. The van der Waals surface area contributed by atoms with Crippen LogP contribution in [0, 0.1) is 11.8 Å². The maximum Gasteiger partial charge on any atom is 0.249 e. The summed E-state index contributed by atoms with van der Waals surface area (Å²) in [4.78, 5) is 32.8. The van der Waals surface area contributed by atoms with Crippen molar-refractivity contribution in [3.05, 3.63) is 63.9 Å². The molecule has 1 aromatic carbocycles. The van der Waals surface area contributed by atoms with Crippen molar-refractivity contribution in [3.8, 4) is 0 Å². The number of halogens is 4. The van der Waals surface area contributed by atoms with Crippen molar-refractivity contribution in [2.45, 2.75) is 69.9 Å². The van der Waals surface area contributed by atoms with E-state index in [1.807, 2.05) is 18.2 Å². The van der Waals surface area contributed by atoms with E-state index >= 15 is 0 Å². The smallest absolute Gasteiger partial charge is 0.249 e. The number of benzene rings is 1. The number of likely N-dealkylation sites (tertiary alicyclic amines) is 1. The fourth-order valence-corrected chi connectivity index (χ4v) is 5.56. The van der Waals surface area contributed by atoms with Crippen molar-refractivity contribution in [1.29, 1.82) is 0 Å². The van der Waals surface area contributed by atoms with Crippen LogP contribution in [0.3, 0.4) is 0 Å². The van der Waals surface area contributed by atoms with Gasteiger partial charge in [-0.2, -0.15) is 0 Å². The summed E-state index contributed by atoms with van der Waals surface area (Å²) in [7, 11) is 0. The number of amides is 2. The van der Waals surface area contributed by atoms with Crippen molar-refractivity contribution in [1.82, 2.24) is 20.5 Å². The standard InChI is InChI=1S/C29H36Cl2F2N4O2/c1-28(2,3)37-16-22(25-11-10-21(31)15-35-25)23(17-37)27(39)34-12-4-5-24(18-6-8-20(30)9-7-18)36-26(38)19-13-29(32,33)14-19/h6-11,15,19,22-24H,4-5,12-14,16-17H2,1-3H3,(H,34,39)(H,36,38)/t22-,23-,24+/m1/s1. The molecule has 1 saturated heterocycles. The van der Waals surface area contributed by atoms with Crippen molar-refractivity contribution >= 4 is 35.0 Å². The van der Waals surface area contributed by atoms with Crippen LogP contribution in [0.15, 0.2) is 42.6 Å². The number of nitrogens with zero attached hydrogens (tertiary/aromatic N) is 2. The Labute approximate surface area is 238 Å². The van der Waals surface area contributed by atoms with Gasteiger partial charge in [-0.15, -0.1) is 0 Å². The van der Waals surface area contributed by atoms with E-state index < -0.39 is 24.7 Å². The molecule has 1 aliphatic heterocycles. The van der Waals surface area contributed by atoms with E-state index in [4.69, 9.17) is 23.2 Å². The number of rotatable bonds is 9. The summed E-state index contributed by atoms with van der Waals surface area (Å²) in [5.41, 5.74) is 1.60. The van der Waals surface area contributed by atoms with E-state index in [1.165, 1.54) is 0 Å². The molecule has 0 spiro atoms. The lowest BCUT2D eigenvalue weighted by molar-refractivity contribution is -0.150. The molecular weight excluding hydrogens is 545 g/mol. The Kier molecular flexibility index (Phi) is 9.19. The number of carbonyl (C=O) groups is 2. The molecule has 1 saturated carbocycles. The van der Waals surface area contributed by atoms with Crippen LogP contribution in [-0.2, 0) is 9.59 Å². The van der Waals surface area contributed by atoms with Crippen molar-refractivity contribution in [2.24, 2.45) is 11.8 Å². The largest absolute Gasteiger partial charge is 0.356 e. The Bertz CT molecular complexity index is 1150. The first kappa shape index (κ1) is 29.7. The van der Waals surface area contributed by atoms with Gasteiger partial charge in [0.25, 0.3) is 0 Å². The third kappa shape index (κ3) is 7.68. The van der Waals surface area contributed by atoms with Crippen LogP contribution in [-0.4, -0.2) is 52.8 Å². The monoisotopic (exact) mass is 580 g/mol. The number of hydrogen-bond acceptors (Lipinski definition) is 4. The van der Waals surface area contributed by atoms with Gasteiger partial charge >= 0.3 is 0 Å². The molecule has 212 valence electrons. The molecule has 1 aliphatic carbocycles. The molecule has 0 unspecified atom stereocenters. The average Bonchev–Trinajstić information content (AvgIpc) is 3.31. The molecular formula is C29H36Cl2F2N4O2. The summed E-state index contributed by atoms with van der Waals surface area (Å²) < 4.78 is 26.6. The van der Waals surface area contributed by atoms with Crippen LogP contribution >= 0.6 is 23.2 Å². The molecule has 10 heteroatoms. The van der Waals surface area contributed by atoms with Crippen molar-refractivity contribution < 1.29 is 18.4 Å². The second-order valence-electron chi connectivity index (χ2n) is 11.7. The van der Waals surface area contributed by atoms with E-state index in [9.17, 15) is 18.4 Å². The molecule has 2 aliphatic rings. The van der Waals surface area contributed by atoms with E-state index in [1.54, 1.807) is 24.4 Å². The van der Waals surface area contributed by atoms with E-state index in [0.29, 0.717) is 36.0 Å². The molecule has 2 N–H and O–H groups in total. The predicted octanol–water partition coefficient (Wildman–Crippen LogP) is 6.00.